The summed E-state index contributed by atoms with van der Waals surface area (Å²) in [5.41, 5.74) is -0.835. The van der Waals surface area contributed by atoms with Gasteiger partial charge in [-0.3, -0.25) is 4.79 Å². The Morgan fingerprint density at radius 1 is 1.32 bits per heavy atom. The molecule has 19 heavy (non-hydrogen) atoms. The summed E-state index contributed by atoms with van der Waals surface area (Å²) in [6.07, 6.45) is 1.22. The molecule has 0 aliphatic heterocycles. The largest absolute Gasteiger partial charge is 0.382 e. The maximum Gasteiger partial charge on any atom is 0.267 e. The summed E-state index contributed by atoms with van der Waals surface area (Å²) in [6, 6.07) is 3.16. The average Bonchev–Trinajstić information content (AvgIpc) is 2.36. The van der Waals surface area contributed by atoms with Crippen molar-refractivity contribution in [2.75, 3.05) is 19.4 Å². The lowest BCUT2D eigenvalue weighted by Crippen LogP contribution is -2.17. The summed E-state index contributed by atoms with van der Waals surface area (Å²) in [5.74, 6) is -5.48. The summed E-state index contributed by atoms with van der Waals surface area (Å²) >= 11 is 0. The van der Waals surface area contributed by atoms with Gasteiger partial charge in [-0.25, -0.2) is 13.2 Å². The highest BCUT2D eigenvalue weighted by atomic mass is 19.2. The van der Waals surface area contributed by atoms with Crippen LogP contribution in [0.4, 0.5) is 18.9 Å². The maximum absolute atomic E-state index is 13.3. The average molecular weight is 269 g/mol. The molecule has 0 radical (unpaired) electrons. The highest BCUT2D eigenvalue weighted by molar-refractivity contribution is 6.06. The van der Waals surface area contributed by atoms with Gasteiger partial charge in [-0.15, -0.1) is 0 Å². The van der Waals surface area contributed by atoms with Crippen LogP contribution >= 0.6 is 0 Å². The summed E-state index contributed by atoms with van der Waals surface area (Å²) in [5, 5.41) is 10.8. The van der Waals surface area contributed by atoms with Crippen molar-refractivity contribution in [1.29, 1.82) is 5.26 Å². The third-order valence-electron chi connectivity index (χ3n) is 2.04. The monoisotopic (exact) mass is 269 g/mol. The van der Waals surface area contributed by atoms with E-state index in [0.29, 0.717) is 6.07 Å². The summed E-state index contributed by atoms with van der Waals surface area (Å²) in [7, 11) is 3.17. The highest BCUT2D eigenvalue weighted by Crippen LogP contribution is 2.20. The number of hydrogen-bond acceptors (Lipinski definition) is 3. The lowest BCUT2D eigenvalue weighted by molar-refractivity contribution is -0.112. The first-order valence-electron chi connectivity index (χ1n) is 5.10. The van der Waals surface area contributed by atoms with Gasteiger partial charge in [0, 0.05) is 20.3 Å². The molecule has 100 valence electrons. The fraction of sp³-hybridized carbons (Fsp3) is 0.167. The van der Waals surface area contributed by atoms with E-state index in [1.807, 2.05) is 5.32 Å². The van der Waals surface area contributed by atoms with Crippen molar-refractivity contribution in [3.8, 4) is 6.07 Å². The zero-order chi connectivity index (χ0) is 14.6. The Kier molecular flexibility index (Phi) is 4.53. The van der Waals surface area contributed by atoms with E-state index in [4.69, 9.17) is 5.26 Å². The van der Waals surface area contributed by atoms with Gasteiger partial charge in [0.2, 0.25) is 0 Å². The number of nitrogens with zero attached hydrogens (tertiary/aromatic N) is 2. The number of halogens is 3. The molecule has 7 heteroatoms. The molecule has 0 atom stereocenters. The molecule has 0 unspecified atom stereocenters. The number of anilines is 1. The molecule has 1 aromatic carbocycles. The normalized spacial score (nSPS) is 10.8. The lowest BCUT2D eigenvalue weighted by atomic mass is 10.2. The summed E-state index contributed by atoms with van der Waals surface area (Å²) < 4.78 is 39.0. The van der Waals surface area contributed by atoms with E-state index < -0.39 is 29.0 Å². The maximum atomic E-state index is 13.3. The second kappa shape index (κ2) is 5.91. The molecule has 1 aromatic rings. The van der Waals surface area contributed by atoms with Gasteiger partial charge >= 0.3 is 0 Å². The summed E-state index contributed by atoms with van der Waals surface area (Å²) in [4.78, 5) is 13.1. The Labute approximate surface area is 107 Å². The van der Waals surface area contributed by atoms with Crippen molar-refractivity contribution in [2.45, 2.75) is 0 Å². The molecule has 0 saturated carbocycles. The third kappa shape index (κ3) is 3.48. The van der Waals surface area contributed by atoms with Crippen LogP contribution in [0.1, 0.15) is 0 Å². The van der Waals surface area contributed by atoms with E-state index in [0.717, 1.165) is 6.07 Å². The smallest absolute Gasteiger partial charge is 0.267 e. The molecular formula is C12H10F3N3O. The van der Waals surface area contributed by atoms with E-state index >= 15 is 0 Å². The van der Waals surface area contributed by atoms with Crippen LogP contribution in [0.5, 0.6) is 0 Å². The zero-order valence-electron chi connectivity index (χ0n) is 10.2. The van der Waals surface area contributed by atoms with Gasteiger partial charge in [0.25, 0.3) is 5.91 Å². The van der Waals surface area contributed by atoms with E-state index in [1.165, 1.54) is 11.1 Å². The molecule has 0 aliphatic rings. The number of benzene rings is 1. The Morgan fingerprint density at radius 2 is 1.95 bits per heavy atom. The predicted molar refractivity (Wildman–Crippen MR) is 62.3 cm³/mol. The number of carbonyl (C=O) groups is 1. The standard InChI is InChI=1S/C12H10F3N3O/c1-18(2)6-7(5-16)12(19)17-9-4-3-8(13)10(14)11(9)15/h3-4,6H,1-2H3,(H,17,19)/b7-6+. The highest BCUT2D eigenvalue weighted by Gasteiger charge is 2.17. The second-order valence-corrected chi connectivity index (χ2v) is 3.80. The van der Waals surface area contributed by atoms with Crippen LogP contribution in [-0.2, 0) is 4.79 Å². The minimum atomic E-state index is -1.69. The molecule has 0 aliphatic carbocycles. The first kappa shape index (κ1) is 14.6. The molecule has 0 saturated heterocycles. The van der Waals surface area contributed by atoms with Gasteiger partial charge < -0.3 is 10.2 Å². The van der Waals surface area contributed by atoms with Gasteiger partial charge in [-0.05, 0) is 12.1 Å². The SMILES string of the molecule is CN(C)/C=C(\C#N)C(=O)Nc1ccc(F)c(F)c1F. The molecule has 0 fully saturated rings. The minimum Gasteiger partial charge on any atom is -0.382 e. The van der Waals surface area contributed by atoms with Crippen molar-refractivity contribution in [3.63, 3.8) is 0 Å². The lowest BCUT2D eigenvalue weighted by Gasteiger charge is -2.08. The molecule has 1 amide bonds. The third-order valence-corrected chi connectivity index (χ3v) is 2.04. The number of rotatable bonds is 3. The quantitative estimate of drug-likeness (QED) is 0.519. The van der Waals surface area contributed by atoms with Crippen molar-refractivity contribution in [2.24, 2.45) is 0 Å². The first-order valence-corrected chi connectivity index (χ1v) is 5.10. The first-order chi connectivity index (χ1) is 8.86. The van der Waals surface area contributed by atoms with Crippen LogP contribution in [0.3, 0.4) is 0 Å². The van der Waals surface area contributed by atoms with Crippen molar-refractivity contribution >= 4 is 11.6 Å². The number of nitriles is 1. The molecule has 0 heterocycles. The second-order valence-electron chi connectivity index (χ2n) is 3.80. The minimum absolute atomic E-state index is 0.297. The molecule has 1 N–H and O–H groups in total. The Balaban J connectivity index is 3.01. The molecule has 0 bridgehead atoms. The number of hydrogen-bond donors (Lipinski definition) is 1. The Hall–Kier alpha value is -2.49. The van der Waals surface area contributed by atoms with Crippen molar-refractivity contribution < 1.29 is 18.0 Å². The van der Waals surface area contributed by atoms with Crippen LogP contribution in [-0.4, -0.2) is 24.9 Å². The van der Waals surface area contributed by atoms with Crippen molar-refractivity contribution in [3.05, 3.63) is 41.4 Å². The Morgan fingerprint density at radius 3 is 2.47 bits per heavy atom. The Bertz CT molecular complexity index is 576. The van der Waals surface area contributed by atoms with Gasteiger partial charge in [0.1, 0.15) is 11.6 Å². The summed E-state index contributed by atoms with van der Waals surface area (Å²) in [6.45, 7) is 0. The van der Waals surface area contributed by atoms with Crippen LogP contribution in [0.15, 0.2) is 23.9 Å². The van der Waals surface area contributed by atoms with E-state index in [1.54, 1.807) is 20.2 Å². The van der Waals surface area contributed by atoms with E-state index in [-0.39, 0.29) is 5.57 Å². The topological polar surface area (TPSA) is 56.1 Å². The van der Waals surface area contributed by atoms with E-state index in [9.17, 15) is 18.0 Å². The van der Waals surface area contributed by atoms with Gasteiger partial charge in [-0.2, -0.15) is 5.26 Å². The number of amides is 1. The van der Waals surface area contributed by atoms with Gasteiger partial charge in [0.05, 0.1) is 5.69 Å². The molecule has 0 spiro atoms. The fourth-order valence-corrected chi connectivity index (χ4v) is 1.21. The van der Waals surface area contributed by atoms with E-state index in [2.05, 4.69) is 0 Å². The molecular weight excluding hydrogens is 259 g/mol. The van der Waals surface area contributed by atoms with Crippen LogP contribution in [0.25, 0.3) is 0 Å². The van der Waals surface area contributed by atoms with Crippen LogP contribution in [0, 0.1) is 28.8 Å². The molecule has 0 aromatic heterocycles. The molecule has 4 nitrogen and oxygen atoms in total. The van der Waals surface area contributed by atoms with Crippen LogP contribution in [0.2, 0.25) is 0 Å². The van der Waals surface area contributed by atoms with Crippen LogP contribution < -0.4 is 5.32 Å². The zero-order valence-corrected chi connectivity index (χ0v) is 10.2. The number of carbonyl (C=O) groups excluding carboxylic acids is 1. The molecule has 1 rings (SSSR count). The van der Waals surface area contributed by atoms with Gasteiger partial charge in [0.15, 0.2) is 17.5 Å². The predicted octanol–water partition coefficient (Wildman–Crippen LogP) is 2.01. The van der Waals surface area contributed by atoms with Crippen molar-refractivity contribution in [1.82, 2.24) is 4.90 Å². The fourth-order valence-electron chi connectivity index (χ4n) is 1.21. The number of nitrogens with one attached hydrogen (secondary N) is 1. The van der Waals surface area contributed by atoms with Gasteiger partial charge in [-0.1, -0.05) is 0 Å².